The van der Waals surface area contributed by atoms with Crippen LogP contribution in [0.5, 0.6) is 0 Å². The molecule has 0 spiro atoms. The molecule has 1 heterocycles. The predicted octanol–water partition coefficient (Wildman–Crippen LogP) is 2.06. The number of hydrogen-bond donors (Lipinski definition) is 1. The molecule has 1 aromatic rings. The Hall–Kier alpha value is -2.43. The number of fused-ring (bicyclic) bond motifs is 2. The molecule has 24 heavy (non-hydrogen) atoms. The molecule has 1 aromatic carbocycles. The van der Waals surface area contributed by atoms with Gasteiger partial charge in [-0.3, -0.25) is 19.3 Å². The highest BCUT2D eigenvalue weighted by Crippen LogP contribution is 2.34. The largest absolute Gasteiger partial charge is 0.325 e. The first-order valence-corrected chi connectivity index (χ1v) is 8.55. The Kier molecular flexibility index (Phi) is 3.71. The van der Waals surface area contributed by atoms with Crippen molar-refractivity contribution in [1.29, 1.82) is 0 Å². The van der Waals surface area contributed by atoms with Gasteiger partial charge in [-0.15, -0.1) is 0 Å². The molecule has 2 aliphatic carbocycles. The van der Waals surface area contributed by atoms with Crippen molar-refractivity contribution in [2.75, 3.05) is 11.9 Å². The average Bonchev–Trinajstić information content (AvgIpc) is 3.14. The Morgan fingerprint density at radius 3 is 2.42 bits per heavy atom. The Morgan fingerprint density at radius 2 is 1.71 bits per heavy atom. The molecule has 1 aliphatic heterocycles. The summed E-state index contributed by atoms with van der Waals surface area (Å²) in [5.41, 5.74) is 3.35. The van der Waals surface area contributed by atoms with Crippen LogP contribution in [0.1, 0.15) is 30.4 Å². The maximum Gasteiger partial charge on any atom is 0.244 e. The average molecular weight is 324 g/mol. The minimum Gasteiger partial charge on any atom is -0.325 e. The summed E-state index contributed by atoms with van der Waals surface area (Å²) in [7, 11) is 0. The van der Waals surface area contributed by atoms with Crippen LogP contribution < -0.4 is 5.32 Å². The number of aryl methyl sites for hydroxylation is 2. The number of rotatable bonds is 3. The number of imide groups is 1. The highest BCUT2D eigenvalue weighted by atomic mass is 16.2. The molecule has 3 aliphatic rings. The van der Waals surface area contributed by atoms with Gasteiger partial charge in [-0.1, -0.05) is 18.2 Å². The van der Waals surface area contributed by atoms with Crippen molar-refractivity contribution >= 4 is 23.4 Å². The van der Waals surface area contributed by atoms with Crippen LogP contribution in [0.3, 0.4) is 0 Å². The van der Waals surface area contributed by atoms with Crippen molar-refractivity contribution in [3.63, 3.8) is 0 Å². The van der Waals surface area contributed by atoms with Crippen LogP contribution in [0.15, 0.2) is 30.4 Å². The Balaban J connectivity index is 1.43. The number of benzene rings is 1. The van der Waals surface area contributed by atoms with Gasteiger partial charge in [0.2, 0.25) is 17.7 Å². The van der Waals surface area contributed by atoms with Crippen LogP contribution in [-0.2, 0) is 27.2 Å². The first-order valence-electron chi connectivity index (χ1n) is 8.55. The van der Waals surface area contributed by atoms with Gasteiger partial charge in [0.25, 0.3) is 0 Å². The monoisotopic (exact) mass is 324 g/mol. The van der Waals surface area contributed by atoms with Gasteiger partial charge in [-0.25, -0.2) is 0 Å². The molecule has 5 nitrogen and oxygen atoms in total. The summed E-state index contributed by atoms with van der Waals surface area (Å²) in [4.78, 5) is 38.2. The summed E-state index contributed by atoms with van der Waals surface area (Å²) < 4.78 is 0. The minimum absolute atomic E-state index is 0.193. The number of hydrogen-bond acceptors (Lipinski definition) is 3. The predicted molar refractivity (Wildman–Crippen MR) is 89.2 cm³/mol. The number of nitrogens with zero attached hydrogens (tertiary/aromatic N) is 1. The van der Waals surface area contributed by atoms with E-state index in [2.05, 4.69) is 5.32 Å². The Labute approximate surface area is 140 Å². The zero-order valence-electron chi connectivity index (χ0n) is 13.5. The van der Waals surface area contributed by atoms with Gasteiger partial charge in [0.1, 0.15) is 6.54 Å². The molecule has 0 radical (unpaired) electrons. The standard InChI is InChI=1S/C19H20N2O3/c22-17(20-14-9-8-12-4-3-5-13(12)10-14)11-21-18(23)15-6-1-2-7-16(15)19(21)24/h1-2,8-10,15-16H,3-7,11H2,(H,20,22)/t15-,16-/m0/s1. The number of anilines is 1. The molecule has 0 saturated carbocycles. The van der Waals surface area contributed by atoms with E-state index < -0.39 is 0 Å². The third-order valence-corrected chi connectivity index (χ3v) is 5.28. The van der Waals surface area contributed by atoms with Crippen molar-refractivity contribution in [3.8, 4) is 0 Å². The molecule has 1 saturated heterocycles. The zero-order chi connectivity index (χ0) is 16.7. The van der Waals surface area contributed by atoms with Gasteiger partial charge in [-0.05, 0) is 55.4 Å². The second-order valence-corrected chi connectivity index (χ2v) is 6.80. The van der Waals surface area contributed by atoms with Crippen molar-refractivity contribution in [2.24, 2.45) is 11.8 Å². The van der Waals surface area contributed by atoms with Crippen LogP contribution in [0, 0.1) is 11.8 Å². The number of amides is 3. The van der Waals surface area contributed by atoms with E-state index >= 15 is 0 Å². The summed E-state index contributed by atoms with van der Waals surface area (Å²) in [5, 5.41) is 2.82. The van der Waals surface area contributed by atoms with E-state index in [9.17, 15) is 14.4 Å². The highest BCUT2D eigenvalue weighted by molar-refractivity contribution is 6.08. The Morgan fingerprint density at radius 1 is 1.04 bits per heavy atom. The summed E-state index contributed by atoms with van der Waals surface area (Å²) >= 11 is 0. The molecule has 3 amide bonds. The van der Waals surface area contributed by atoms with E-state index in [0.29, 0.717) is 12.8 Å². The fraction of sp³-hybridized carbons (Fsp3) is 0.421. The van der Waals surface area contributed by atoms with Gasteiger partial charge in [-0.2, -0.15) is 0 Å². The second-order valence-electron chi connectivity index (χ2n) is 6.80. The molecule has 0 unspecified atom stereocenters. The summed E-state index contributed by atoms with van der Waals surface area (Å²) in [6.45, 7) is -0.193. The van der Waals surface area contributed by atoms with E-state index in [0.717, 1.165) is 29.8 Å². The third kappa shape index (κ3) is 2.54. The topological polar surface area (TPSA) is 66.5 Å². The highest BCUT2D eigenvalue weighted by Gasteiger charge is 2.47. The van der Waals surface area contributed by atoms with Crippen LogP contribution in [-0.4, -0.2) is 29.2 Å². The molecule has 5 heteroatoms. The lowest BCUT2D eigenvalue weighted by Gasteiger charge is -2.15. The second kappa shape index (κ2) is 5.89. The molecule has 1 fully saturated rings. The van der Waals surface area contributed by atoms with Crippen LogP contribution >= 0.6 is 0 Å². The van der Waals surface area contributed by atoms with E-state index in [1.165, 1.54) is 11.1 Å². The quantitative estimate of drug-likeness (QED) is 0.684. The van der Waals surface area contributed by atoms with Crippen molar-refractivity contribution in [2.45, 2.75) is 32.1 Å². The molecule has 4 rings (SSSR count). The van der Waals surface area contributed by atoms with Crippen molar-refractivity contribution < 1.29 is 14.4 Å². The fourth-order valence-corrected chi connectivity index (χ4v) is 4.02. The zero-order valence-corrected chi connectivity index (χ0v) is 13.5. The van der Waals surface area contributed by atoms with Crippen molar-refractivity contribution in [3.05, 3.63) is 41.5 Å². The molecule has 2 atom stereocenters. The normalized spacial score (nSPS) is 24.9. The van der Waals surface area contributed by atoms with Gasteiger partial charge >= 0.3 is 0 Å². The number of carbonyl (C=O) groups is 3. The number of likely N-dealkylation sites (tertiary alicyclic amines) is 1. The molecule has 124 valence electrons. The summed E-state index contributed by atoms with van der Waals surface area (Å²) in [6.07, 6.45) is 8.37. The molecular formula is C19H20N2O3. The molecular weight excluding hydrogens is 304 g/mol. The van der Waals surface area contributed by atoms with E-state index in [1.807, 2.05) is 30.4 Å². The van der Waals surface area contributed by atoms with Crippen molar-refractivity contribution in [1.82, 2.24) is 4.90 Å². The lowest BCUT2D eigenvalue weighted by molar-refractivity contribution is -0.142. The summed E-state index contributed by atoms with van der Waals surface area (Å²) in [6, 6.07) is 5.93. The van der Waals surface area contributed by atoms with E-state index in [-0.39, 0.29) is 36.1 Å². The molecule has 0 bridgehead atoms. The third-order valence-electron chi connectivity index (χ3n) is 5.28. The minimum atomic E-state index is -0.318. The van der Waals surface area contributed by atoms with Gasteiger partial charge < -0.3 is 5.32 Å². The fourth-order valence-electron chi connectivity index (χ4n) is 4.02. The first-order chi connectivity index (χ1) is 11.6. The number of allylic oxidation sites excluding steroid dienone is 2. The maximum absolute atomic E-state index is 12.4. The molecule has 1 N–H and O–H groups in total. The SMILES string of the molecule is O=C(CN1C(=O)[C@H]2CC=CC[C@@H]2C1=O)Nc1ccc2c(c1)CCC2. The van der Waals surface area contributed by atoms with E-state index in [1.54, 1.807) is 0 Å². The van der Waals surface area contributed by atoms with Crippen LogP contribution in [0.4, 0.5) is 5.69 Å². The lowest BCUT2D eigenvalue weighted by Crippen LogP contribution is -2.38. The van der Waals surface area contributed by atoms with Gasteiger partial charge in [0.05, 0.1) is 11.8 Å². The van der Waals surface area contributed by atoms with Crippen LogP contribution in [0.2, 0.25) is 0 Å². The maximum atomic E-state index is 12.4. The van der Waals surface area contributed by atoms with Gasteiger partial charge in [0.15, 0.2) is 0 Å². The number of carbonyl (C=O) groups excluding carboxylic acids is 3. The van der Waals surface area contributed by atoms with E-state index in [4.69, 9.17) is 0 Å². The summed E-state index contributed by atoms with van der Waals surface area (Å²) in [5.74, 6) is -1.30. The lowest BCUT2D eigenvalue weighted by atomic mass is 9.85. The van der Waals surface area contributed by atoms with Crippen LogP contribution in [0.25, 0.3) is 0 Å². The smallest absolute Gasteiger partial charge is 0.244 e. The first kappa shape index (κ1) is 15.1. The number of nitrogens with one attached hydrogen (secondary N) is 1. The Bertz CT molecular complexity index is 727. The molecule has 0 aromatic heterocycles. The van der Waals surface area contributed by atoms with Gasteiger partial charge in [0, 0.05) is 5.69 Å².